The number of aromatic nitrogens is 2. The van der Waals surface area contributed by atoms with Gasteiger partial charge in [-0.15, -0.1) is 11.3 Å². The maximum atomic E-state index is 5.43. The number of nitrogens with one attached hydrogen (secondary N) is 1. The number of ether oxygens (including phenoxy) is 1. The summed E-state index contributed by atoms with van der Waals surface area (Å²) < 4.78 is 5.43. The van der Waals surface area contributed by atoms with Crippen LogP contribution in [0.1, 0.15) is 35.8 Å². The van der Waals surface area contributed by atoms with Gasteiger partial charge in [0.25, 0.3) is 0 Å². The van der Waals surface area contributed by atoms with E-state index >= 15 is 0 Å². The predicted molar refractivity (Wildman–Crippen MR) is 82.4 cm³/mol. The van der Waals surface area contributed by atoms with E-state index in [1.54, 1.807) is 18.4 Å². The van der Waals surface area contributed by atoms with Crippen molar-refractivity contribution in [3.05, 3.63) is 40.1 Å². The van der Waals surface area contributed by atoms with E-state index in [0.717, 1.165) is 41.5 Å². The van der Waals surface area contributed by atoms with Crippen molar-refractivity contribution in [3.8, 4) is 5.75 Å². The van der Waals surface area contributed by atoms with Gasteiger partial charge in [0.15, 0.2) is 0 Å². The highest BCUT2D eigenvalue weighted by atomic mass is 32.1. The van der Waals surface area contributed by atoms with E-state index < -0.39 is 0 Å². The van der Waals surface area contributed by atoms with Crippen LogP contribution in [0.5, 0.6) is 5.75 Å². The van der Waals surface area contributed by atoms with Crippen molar-refractivity contribution in [1.82, 2.24) is 15.3 Å². The first-order chi connectivity index (χ1) is 9.74. The minimum absolute atomic E-state index is 0.136. The van der Waals surface area contributed by atoms with Crippen LogP contribution in [-0.4, -0.2) is 23.6 Å². The van der Waals surface area contributed by atoms with Crippen LogP contribution in [0, 0.1) is 6.92 Å². The van der Waals surface area contributed by atoms with Gasteiger partial charge in [-0.1, -0.05) is 6.92 Å². The fourth-order valence-electron chi connectivity index (χ4n) is 2.09. The summed E-state index contributed by atoms with van der Waals surface area (Å²) in [7, 11) is 1.69. The summed E-state index contributed by atoms with van der Waals surface area (Å²) in [5.41, 5.74) is 2.03. The molecule has 0 saturated carbocycles. The maximum Gasteiger partial charge on any atom is 0.141 e. The fourth-order valence-corrected chi connectivity index (χ4v) is 2.91. The summed E-state index contributed by atoms with van der Waals surface area (Å²) in [6.07, 6.45) is 3.74. The van der Waals surface area contributed by atoms with Crippen LogP contribution in [-0.2, 0) is 6.42 Å². The number of aryl methyl sites for hydroxylation is 1. The molecule has 2 aromatic rings. The molecule has 4 nitrogen and oxygen atoms in total. The van der Waals surface area contributed by atoms with Crippen LogP contribution < -0.4 is 10.1 Å². The van der Waals surface area contributed by atoms with Gasteiger partial charge in [-0.05, 0) is 32.0 Å². The number of methoxy groups -OCH3 is 1. The largest absolute Gasteiger partial charge is 0.495 e. The van der Waals surface area contributed by atoms with E-state index in [9.17, 15) is 0 Å². The first-order valence-corrected chi connectivity index (χ1v) is 7.75. The van der Waals surface area contributed by atoms with Crippen LogP contribution in [0.3, 0.4) is 0 Å². The van der Waals surface area contributed by atoms with Gasteiger partial charge < -0.3 is 10.1 Å². The molecule has 2 rings (SSSR count). The van der Waals surface area contributed by atoms with Crippen molar-refractivity contribution in [2.24, 2.45) is 0 Å². The topological polar surface area (TPSA) is 47.0 Å². The van der Waals surface area contributed by atoms with Gasteiger partial charge in [-0.3, -0.25) is 4.98 Å². The standard InChI is InChI=1S/C15H21N3OS/c1-4-7-16-12(9-14-18-11(2)10-20-14)15-13(19-3)6-5-8-17-15/h5-6,8,10,12,16H,4,7,9H2,1-3H3. The molecule has 0 aliphatic heterocycles. The van der Waals surface area contributed by atoms with Crippen LogP contribution in [0.15, 0.2) is 23.7 Å². The second-order valence-corrected chi connectivity index (χ2v) is 5.63. The van der Waals surface area contributed by atoms with E-state index in [1.165, 1.54) is 0 Å². The Hall–Kier alpha value is -1.46. The minimum Gasteiger partial charge on any atom is -0.495 e. The van der Waals surface area contributed by atoms with Gasteiger partial charge in [0.2, 0.25) is 0 Å². The first-order valence-electron chi connectivity index (χ1n) is 6.88. The summed E-state index contributed by atoms with van der Waals surface area (Å²) in [6.45, 7) is 5.14. The molecular weight excluding hydrogens is 270 g/mol. The monoisotopic (exact) mass is 291 g/mol. The van der Waals surface area contributed by atoms with Gasteiger partial charge >= 0.3 is 0 Å². The molecule has 1 atom stereocenters. The zero-order valence-corrected chi connectivity index (χ0v) is 13.0. The molecule has 2 heterocycles. The molecule has 0 saturated heterocycles. The smallest absolute Gasteiger partial charge is 0.141 e. The second kappa shape index (κ2) is 7.36. The molecule has 1 unspecified atom stereocenters. The quantitative estimate of drug-likeness (QED) is 0.851. The Balaban J connectivity index is 2.22. The second-order valence-electron chi connectivity index (χ2n) is 4.68. The predicted octanol–water partition coefficient (Wildman–Crippen LogP) is 3.14. The minimum atomic E-state index is 0.136. The third-order valence-corrected chi connectivity index (χ3v) is 4.02. The van der Waals surface area contributed by atoms with Gasteiger partial charge in [0.1, 0.15) is 5.75 Å². The molecular formula is C15H21N3OS. The van der Waals surface area contributed by atoms with E-state index in [1.807, 2.05) is 25.3 Å². The Kier molecular flexibility index (Phi) is 5.49. The van der Waals surface area contributed by atoms with Gasteiger partial charge in [-0.25, -0.2) is 4.98 Å². The summed E-state index contributed by atoms with van der Waals surface area (Å²) in [5.74, 6) is 0.828. The number of thiazole rings is 1. The zero-order valence-electron chi connectivity index (χ0n) is 12.2. The SMILES string of the molecule is CCCNC(Cc1nc(C)cs1)c1ncccc1OC. The van der Waals surface area contributed by atoms with Gasteiger partial charge in [0.05, 0.1) is 23.9 Å². The average Bonchev–Trinajstić information content (AvgIpc) is 2.88. The van der Waals surface area contributed by atoms with Crippen molar-refractivity contribution in [2.45, 2.75) is 32.7 Å². The number of hydrogen-bond acceptors (Lipinski definition) is 5. The summed E-state index contributed by atoms with van der Waals surface area (Å²) >= 11 is 1.70. The highest BCUT2D eigenvalue weighted by molar-refractivity contribution is 7.09. The summed E-state index contributed by atoms with van der Waals surface area (Å²) in [4.78, 5) is 9.04. The van der Waals surface area contributed by atoms with E-state index in [-0.39, 0.29) is 6.04 Å². The van der Waals surface area contributed by atoms with E-state index in [2.05, 4.69) is 27.6 Å². The molecule has 2 aromatic heterocycles. The average molecular weight is 291 g/mol. The molecule has 0 radical (unpaired) electrons. The van der Waals surface area contributed by atoms with Gasteiger partial charge in [-0.2, -0.15) is 0 Å². The molecule has 0 aliphatic carbocycles. The molecule has 108 valence electrons. The molecule has 0 aliphatic rings. The normalized spacial score (nSPS) is 12.3. The number of hydrogen-bond donors (Lipinski definition) is 1. The molecule has 1 N–H and O–H groups in total. The lowest BCUT2D eigenvalue weighted by molar-refractivity contribution is 0.393. The van der Waals surface area contributed by atoms with Crippen LogP contribution in [0.2, 0.25) is 0 Å². The molecule has 0 aromatic carbocycles. The van der Waals surface area contributed by atoms with E-state index in [4.69, 9.17) is 4.74 Å². The van der Waals surface area contributed by atoms with Crippen molar-refractivity contribution in [1.29, 1.82) is 0 Å². The molecule has 5 heteroatoms. The molecule has 0 spiro atoms. The highest BCUT2D eigenvalue weighted by Crippen LogP contribution is 2.26. The lowest BCUT2D eigenvalue weighted by atomic mass is 10.1. The van der Waals surface area contributed by atoms with Crippen molar-refractivity contribution < 1.29 is 4.74 Å². The third kappa shape index (κ3) is 3.77. The highest BCUT2D eigenvalue weighted by Gasteiger charge is 2.18. The van der Waals surface area contributed by atoms with Gasteiger partial charge in [0, 0.05) is 23.7 Å². The number of nitrogens with zero attached hydrogens (tertiary/aromatic N) is 2. The van der Waals surface area contributed by atoms with Crippen LogP contribution in [0.4, 0.5) is 0 Å². The number of pyridine rings is 1. The number of rotatable bonds is 7. The lowest BCUT2D eigenvalue weighted by Crippen LogP contribution is -2.25. The maximum absolute atomic E-state index is 5.43. The fraction of sp³-hybridized carbons (Fsp3) is 0.467. The Morgan fingerprint density at radius 1 is 1.45 bits per heavy atom. The lowest BCUT2D eigenvalue weighted by Gasteiger charge is -2.19. The molecule has 0 bridgehead atoms. The van der Waals surface area contributed by atoms with E-state index in [0.29, 0.717) is 0 Å². The Morgan fingerprint density at radius 2 is 2.30 bits per heavy atom. The van der Waals surface area contributed by atoms with Crippen molar-refractivity contribution in [3.63, 3.8) is 0 Å². The Bertz CT molecular complexity index is 541. The third-order valence-electron chi connectivity index (χ3n) is 3.04. The Morgan fingerprint density at radius 3 is 2.95 bits per heavy atom. The van der Waals surface area contributed by atoms with Crippen molar-refractivity contribution >= 4 is 11.3 Å². The molecule has 0 fully saturated rings. The van der Waals surface area contributed by atoms with Crippen LogP contribution >= 0.6 is 11.3 Å². The van der Waals surface area contributed by atoms with Crippen molar-refractivity contribution in [2.75, 3.05) is 13.7 Å². The summed E-state index contributed by atoms with van der Waals surface area (Å²) in [5, 5.41) is 6.76. The molecule has 20 heavy (non-hydrogen) atoms. The summed E-state index contributed by atoms with van der Waals surface area (Å²) in [6, 6.07) is 3.99. The Labute approximate surface area is 124 Å². The van der Waals surface area contributed by atoms with Crippen LogP contribution in [0.25, 0.3) is 0 Å². The zero-order chi connectivity index (χ0) is 14.4. The molecule has 0 amide bonds. The first kappa shape index (κ1) is 14.9.